The van der Waals surface area contributed by atoms with E-state index in [1.165, 1.54) is 36.1 Å². The summed E-state index contributed by atoms with van der Waals surface area (Å²) in [6.07, 6.45) is -1.94. The molecule has 2 aromatic rings. The van der Waals surface area contributed by atoms with Crippen molar-refractivity contribution in [3.8, 4) is 10.6 Å². The maximum atomic E-state index is 12.9. The smallest absolute Gasteiger partial charge is 0.298 e. The first-order chi connectivity index (χ1) is 10.8. The van der Waals surface area contributed by atoms with E-state index in [1.807, 2.05) is 12.1 Å². The standard InChI is InChI=1S/C16H20F3N3S/c1-11-5-7-22(8-6-11)10-12-3-4-14(23-12)13-9-15(16(17,18)19)21(2)20-13/h3-4,9,11H,5-8,10H2,1-2H3. The molecule has 0 radical (unpaired) electrons. The number of hydrogen-bond acceptors (Lipinski definition) is 3. The Labute approximate surface area is 137 Å². The highest BCUT2D eigenvalue weighted by Crippen LogP contribution is 2.34. The van der Waals surface area contributed by atoms with E-state index in [9.17, 15) is 13.2 Å². The van der Waals surface area contributed by atoms with Crippen molar-refractivity contribution in [2.45, 2.75) is 32.5 Å². The summed E-state index contributed by atoms with van der Waals surface area (Å²) in [5.41, 5.74) is -0.323. The Bertz CT molecular complexity index is 666. The number of piperidine rings is 1. The molecule has 3 rings (SSSR count). The lowest BCUT2D eigenvalue weighted by Crippen LogP contribution is -2.32. The lowest BCUT2D eigenvalue weighted by Gasteiger charge is -2.29. The number of nitrogens with zero attached hydrogens (tertiary/aromatic N) is 3. The zero-order chi connectivity index (χ0) is 16.6. The van der Waals surface area contributed by atoms with Crippen molar-refractivity contribution >= 4 is 11.3 Å². The molecular weight excluding hydrogens is 323 g/mol. The van der Waals surface area contributed by atoms with E-state index in [0.717, 1.165) is 41.2 Å². The minimum Gasteiger partial charge on any atom is -0.298 e. The van der Waals surface area contributed by atoms with E-state index in [-0.39, 0.29) is 0 Å². The van der Waals surface area contributed by atoms with E-state index in [1.54, 1.807) is 0 Å². The van der Waals surface area contributed by atoms with Crippen molar-refractivity contribution < 1.29 is 13.2 Å². The summed E-state index contributed by atoms with van der Waals surface area (Å²) in [5.74, 6) is 0.791. The lowest BCUT2D eigenvalue weighted by atomic mass is 9.99. The van der Waals surface area contributed by atoms with Crippen LogP contribution in [0.15, 0.2) is 18.2 Å². The number of halogens is 3. The van der Waals surface area contributed by atoms with Crippen LogP contribution in [0.2, 0.25) is 0 Å². The van der Waals surface area contributed by atoms with Crippen LogP contribution in [-0.4, -0.2) is 27.8 Å². The monoisotopic (exact) mass is 343 g/mol. The molecule has 1 fully saturated rings. The number of aryl methyl sites for hydroxylation is 1. The first kappa shape index (κ1) is 16.5. The van der Waals surface area contributed by atoms with E-state index < -0.39 is 11.9 Å². The molecule has 0 amide bonds. The highest BCUT2D eigenvalue weighted by Gasteiger charge is 2.35. The van der Waals surface area contributed by atoms with Gasteiger partial charge in [0.2, 0.25) is 0 Å². The topological polar surface area (TPSA) is 21.1 Å². The zero-order valence-electron chi connectivity index (χ0n) is 13.2. The van der Waals surface area contributed by atoms with Gasteiger partial charge in [-0.25, -0.2) is 0 Å². The van der Waals surface area contributed by atoms with Crippen LogP contribution in [0.1, 0.15) is 30.3 Å². The van der Waals surface area contributed by atoms with E-state index in [4.69, 9.17) is 0 Å². The summed E-state index contributed by atoms with van der Waals surface area (Å²) in [6, 6.07) is 4.99. The molecule has 1 saturated heterocycles. The normalized spacial score (nSPS) is 17.8. The van der Waals surface area contributed by atoms with Crippen LogP contribution in [0, 0.1) is 5.92 Å². The third kappa shape index (κ3) is 3.77. The lowest BCUT2D eigenvalue weighted by molar-refractivity contribution is -0.143. The summed E-state index contributed by atoms with van der Waals surface area (Å²) in [5, 5.41) is 4.01. The Morgan fingerprint density at radius 3 is 2.57 bits per heavy atom. The maximum Gasteiger partial charge on any atom is 0.433 e. The van der Waals surface area contributed by atoms with Gasteiger partial charge in [-0.3, -0.25) is 9.58 Å². The van der Waals surface area contributed by atoms with Crippen molar-refractivity contribution in [3.05, 3.63) is 28.8 Å². The summed E-state index contributed by atoms with van der Waals surface area (Å²) < 4.78 is 39.5. The third-order valence-electron chi connectivity index (χ3n) is 4.34. The molecule has 0 spiro atoms. The molecule has 23 heavy (non-hydrogen) atoms. The number of alkyl halides is 3. The third-order valence-corrected chi connectivity index (χ3v) is 5.43. The van der Waals surface area contributed by atoms with Gasteiger partial charge >= 0.3 is 6.18 Å². The fourth-order valence-corrected chi connectivity index (χ4v) is 3.90. The van der Waals surface area contributed by atoms with E-state index in [2.05, 4.69) is 16.9 Å². The van der Waals surface area contributed by atoms with Gasteiger partial charge in [-0.05, 0) is 50.0 Å². The fraction of sp³-hybridized carbons (Fsp3) is 0.562. The SMILES string of the molecule is CC1CCN(Cc2ccc(-c3cc(C(F)(F)F)n(C)n3)s2)CC1. The minimum atomic E-state index is -4.37. The molecule has 0 N–H and O–H groups in total. The summed E-state index contributed by atoms with van der Waals surface area (Å²) in [7, 11) is 1.33. The number of rotatable bonds is 3. The highest BCUT2D eigenvalue weighted by molar-refractivity contribution is 7.15. The maximum absolute atomic E-state index is 12.9. The van der Waals surface area contributed by atoms with Crippen LogP contribution in [0.3, 0.4) is 0 Å². The molecule has 0 unspecified atom stereocenters. The molecule has 2 aromatic heterocycles. The zero-order valence-corrected chi connectivity index (χ0v) is 14.0. The summed E-state index contributed by atoms with van der Waals surface area (Å²) in [4.78, 5) is 4.38. The van der Waals surface area contributed by atoms with Gasteiger partial charge in [0.15, 0.2) is 0 Å². The fourth-order valence-electron chi connectivity index (χ4n) is 2.89. The molecule has 3 heterocycles. The number of likely N-dealkylation sites (tertiary alicyclic amines) is 1. The van der Waals surface area contributed by atoms with Gasteiger partial charge in [0.25, 0.3) is 0 Å². The summed E-state index contributed by atoms with van der Waals surface area (Å²) in [6.45, 7) is 5.34. The Hall–Kier alpha value is -1.34. The van der Waals surface area contributed by atoms with Crippen molar-refractivity contribution in [1.29, 1.82) is 0 Å². The molecule has 1 aliphatic heterocycles. The Balaban J connectivity index is 1.72. The second-order valence-corrected chi connectivity index (χ2v) is 7.43. The average Bonchev–Trinajstić information content (AvgIpc) is 3.07. The highest BCUT2D eigenvalue weighted by atomic mass is 32.1. The van der Waals surface area contributed by atoms with Crippen LogP contribution in [0.5, 0.6) is 0 Å². The average molecular weight is 343 g/mol. The molecule has 126 valence electrons. The second kappa shape index (κ2) is 6.28. The number of thiophene rings is 1. The Kier molecular flexibility index (Phi) is 4.51. The first-order valence-electron chi connectivity index (χ1n) is 7.75. The molecule has 0 bridgehead atoms. The van der Waals surface area contributed by atoms with Crippen molar-refractivity contribution in [1.82, 2.24) is 14.7 Å². The quantitative estimate of drug-likeness (QED) is 0.824. The van der Waals surface area contributed by atoms with Gasteiger partial charge < -0.3 is 0 Å². The van der Waals surface area contributed by atoms with Crippen LogP contribution in [-0.2, 0) is 19.8 Å². The predicted octanol–water partition coefficient (Wildman–Crippen LogP) is 4.40. The predicted molar refractivity (Wildman–Crippen MR) is 85.2 cm³/mol. The van der Waals surface area contributed by atoms with Gasteiger partial charge in [-0.2, -0.15) is 18.3 Å². The largest absolute Gasteiger partial charge is 0.433 e. The molecule has 0 aromatic carbocycles. The Morgan fingerprint density at radius 1 is 1.26 bits per heavy atom. The molecule has 3 nitrogen and oxygen atoms in total. The molecule has 7 heteroatoms. The van der Waals surface area contributed by atoms with Gasteiger partial charge in [-0.1, -0.05) is 6.92 Å². The molecule has 0 saturated carbocycles. The van der Waals surface area contributed by atoms with E-state index in [0.29, 0.717) is 5.69 Å². The molecular formula is C16H20F3N3S. The van der Waals surface area contributed by atoms with Gasteiger partial charge in [0, 0.05) is 18.5 Å². The molecule has 0 atom stereocenters. The number of hydrogen-bond donors (Lipinski definition) is 0. The van der Waals surface area contributed by atoms with Crippen LogP contribution in [0.4, 0.5) is 13.2 Å². The molecule has 1 aliphatic rings. The van der Waals surface area contributed by atoms with Crippen molar-refractivity contribution in [3.63, 3.8) is 0 Å². The minimum absolute atomic E-state index is 0.392. The van der Waals surface area contributed by atoms with Crippen LogP contribution >= 0.6 is 11.3 Å². The van der Waals surface area contributed by atoms with Gasteiger partial charge in [0.1, 0.15) is 11.4 Å². The van der Waals surface area contributed by atoms with Gasteiger partial charge in [0.05, 0.1) is 4.88 Å². The second-order valence-electron chi connectivity index (χ2n) is 6.26. The van der Waals surface area contributed by atoms with Crippen LogP contribution in [0.25, 0.3) is 10.6 Å². The Morgan fingerprint density at radius 2 is 1.96 bits per heavy atom. The van der Waals surface area contributed by atoms with E-state index >= 15 is 0 Å². The van der Waals surface area contributed by atoms with Crippen LogP contribution < -0.4 is 0 Å². The van der Waals surface area contributed by atoms with Crippen molar-refractivity contribution in [2.75, 3.05) is 13.1 Å². The number of aromatic nitrogens is 2. The van der Waals surface area contributed by atoms with Gasteiger partial charge in [-0.15, -0.1) is 11.3 Å². The first-order valence-corrected chi connectivity index (χ1v) is 8.57. The van der Waals surface area contributed by atoms with Crippen molar-refractivity contribution in [2.24, 2.45) is 13.0 Å². The molecule has 0 aliphatic carbocycles. The summed E-state index contributed by atoms with van der Waals surface area (Å²) >= 11 is 1.53.